The van der Waals surface area contributed by atoms with Crippen LogP contribution >= 0.6 is 0 Å². The van der Waals surface area contributed by atoms with Crippen molar-refractivity contribution in [1.82, 2.24) is 9.55 Å². The topological polar surface area (TPSA) is 47.3 Å². The number of aliphatic hydroxyl groups is 1. The quantitative estimate of drug-likeness (QED) is 0.914. The molecule has 3 rings (SSSR count). The number of hydrogen-bond acceptors (Lipinski definition) is 3. The lowest BCUT2D eigenvalue weighted by Gasteiger charge is -2.03. The van der Waals surface area contributed by atoms with Gasteiger partial charge in [0.15, 0.2) is 0 Å². The Hall–Kier alpha value is -1.81. The Balaban J connectivity index is 2.04. The Kier molecular flexibility index (Phi) is 3.03. The zero-order valence-electron chi connectivity index (χ0n) is 11.3. The highest BCUT2D eigenvalue weighted by Gasteiger charge is 2.16. The van der Waals surface area contributed by atoms with Crippen LogP contribution in [0.1, 0.15) is 17.1 Å². The van der Waals surface area contributed by atoms with Crippen molar-refractivity contribution < 1.29 is 9.84 Å². The van der Waals surface area contributed by atoms with E-state index in [1.807, 2.05) is 13.1 Å². The van der Waals surface area contributed by atoms with Gasteiger partial charge in [-0.1, -0.05) is 0 Å². The van der Waals surface area contributed by atoms with Crippen molar-refractivity contribution in [3.05, 3.63) is 35.3 Å². The summed E-state index contributed by atoms with van der Waals surface area (Å²) in [5.74, 6) is 1.92. The first-order valence-electron chi connectivity index (χ1n) is 6.60. The third kappa shape index (κ3) is 2.02. The van der Waals surface area contributed by atoms with Gasteiger partial charge in [-0.15, -0.1) is 0 Å². The van der Waals surface area contributed by atoms with Crippen molar-refractivity contribution in [3.63, 3.8) is 0 Å². The smallest absolute Gasteiger partial charge is 0.122 e. The minimum Gasteiger partial charge on any atom is -0.493 e. The van der Waals surface area contributed by atoms with Crippen LogP contribution in [0.25, 0.3) is 11.3 Å². The third-order valence-electron chi connectivity index (χ3n) is 3.77. The average molecular weight is 258 g/mol. The molecule has 2 heterocycles. The van der Waals surface area contributed by atoms with E-state index in [9.17, 15) is 0 Å². The van der Waals surface area contributed by atoms with Gasteiger partial charge < -0.3 is 14.4 Å². The Morgan fingerprint density at radius 1 is 1.42 bits per heavy atom. The second-order valence-electron chi connectivity index (χ2n) is 4.92. The monoisotopic (exact) mass is 258 g/mol. The first-order chi connectivity index (χ1) is 9.20. The average Bonchev–Trinajstić information content (AvgIpc) is 2.98. The summed E-state index contributed by atoms with van der Waals surface area (Å²) in [6.07, 6.45) is 1.56. The van der Waals surface area contributed by atoms with Gasteiger partial charge in [-0.05, 0) is 30.7 Å². The molecule has 0 fully saturated rings. The maximum absolute atomic E-state index is 9.07. The fraction of sp³-hybridized carbons (Fsp3) is 0.400. The molecule has 1 N–H and O–H groups in total. The van der Waals surface area contributed by atoms with E-state index in [0.717, 1.165) is 41.6 Å². The van der Waals surface area contributed by atoms with Crippen molar-refractivity contribution in [3.8, 4) is 17.0 Å². The van der Waals surface area contributed by atoms with Gasteiger partial charge in [0.1, 0.15) is 11.6 Å². The van der Waals surface area contributed by atoms with Gasteiger partial charge in [-0.2, -0.15) is 0 Å². The van der Waals surface area contributed by atoms with E-state index in [4.69, 9.17) is 9.84 Å². The van der Waals surface area contributed by atoms with Crippen LogP contribution < -0.4 is 4.74 Å². The lowest BCUT2D eigenvalue weighted by molar-refractivity contribution is 0.295. The maximum Gasteiger partial charge on any atom is 0.122 e. The summed E-state index contributed by atoms with van der Waals surface area (Å²) in [7, 11) is 1.99. The molecule has 4 heteroatoms. The van der Waals surface area contributed by atoms with Crippen LogP contribution in [0, 0.1) is 6.92 Å². The van der Waals surface area contributed by atoms with Crippen molar-refractivity contribution >= 4 is 0 Å². The molecular weight excluding hydrogens is 240 g/mol. The number of fused-ring (bicyclic) bond motifs is 1. The van der Waals surface area contributed by atoms with Crippen LogP contribution in [-0.2, 0) is 19.9 Å². The summed E-state index contributed by atoms with van der Waals surface area (Å²) in [6.45, 7) is 2.96. The molecule has 0 unspecified atom stereocenters. The van der Waals surface area contributed by atoms with Crippen LogP contribution in [-0.4, -0.2) is 27.9 Å². The molecule has 0 aliphatic carbocycles. The van der Waals surface area contributed by atoms with Gasteiger partial charge >= 0.3 is 0 Å². The number of hydrogen-bond donors (Lipinski definition) is 1. The Morgan fingerprint density at radius 2 is 2.26 bits per heavy atom. The van der Waals surface area contributed by atoms with Gasteiger partial charge in [-0.25, -0.2) is 4.98 Å². The molecule has 1 aromatic heterocycles. The summed E-state index contributed by atoms with van der Waals surface area (Å²) in [5, 5.41) is 9.07. The van der Waals surface area contributed by atoms with E-state index < -0.39 is 0 Å². The first-order valence-corrected chi connectivity index (χ1v) is 6.60. The number of aromatic nitrogens is 2. The molecule has 0 saturated carbocycles. The molecule has 1 aromatic carbocycles. The molecule has 0 amide bonds. The minimum atomic E-state index is 0.127. The number of nitrogens with zero attached hydrogens (tertiary/aromatic N) is 2. The molecule has 0 atom stereocenters. The maximum atomic E-state index is 9.07. The molecule has 2 aromatic rings. The number of imidazole rings is 1. The predicted molar refractivity (Wildman–Crippen MR) is 73.4 cm³/mol. The Morgan fingerprint density at radius 3 is 3.05 bits per heavy atom. The van der Waals surface area contributed by atoms with Crippen LogP contribution in [0.15, 0.2) is 18.2 Å². The lowest BCUT2D eigenvalue weighted by Crippen LogP contribution is -2.01. The van der Waals surface area contributed by atoms with Gasteiger partial charge in [0.2, 0.25) is 0 Å². The third-order valence-corrected chi connectivity index (χ3v) is 3.77. The zero-order valence-corrected chi connectivity index (χ0v) is 11.3. The molecule has 100 valence electrons. The van der Waals surface area contributed by atoms with Crippen molar-refractivity contribution in [2.75, 3.05) is 13.2 Å². The van der Waals surface area contributed by atoms with E-state index in [1.165, 1.54) is 5.56 Å². The number of rotatable bonds is 3. The van der Waals surface area contributed by atoms with Crippen molar-refractivity contribution in [2.45, 2.75) is 19.8 Å². The summed E-state index contributed by atoms with van der Waals surface area (Å²) in [6, 6.07) is 6.25. The van der Waals surface area contributed by atoms with E-state index in [0.29, 0.717) is 6.42 Å². The van der Waals surface area contributed by atoms with Crippen LogP contribution in [0.4, 0.5) is 0 Å². The van der Waals surface area contributed by atoms with Crippen LogP contribution in [0.5, 0.6) is 5.75 Å². The second kappa shape index (κ2) is 4.70. The van der Waals surface area contributed by atoms with Crippen molar-refractivity contribution in [1.29, 1.82) is 0 Å². The summed E-state index contributed by atoms with van der Waals surface area (Å²) in [4.78, 5) is 4.66. The number of benzene rings is 1. The van der Waals surface area contributed by atoms with E-state index >= 15 is 0 Å². The van der Waals surface area contributed by atoms with E-state index in [-0.39, 0.29) is 6.61 Å². The fourth-order valence-corrected chi connectivity index (χ4v) is 2.57. The minimum absolute atomic E-state index is 0.127. The first kappa shape index (κ1) is 12.2. The highest BCUT2D eigenvalue weighted by Crippen LogP contribution is 2.31. The molecule has 0 radical (unpaired) electrons. The normalized spacial score (nSPS) is 13.4. The standard InChI is InChI=1S/C15H18N2O2/c1-10-15(16-14(5-7-18)17(10)2)12-3-4-13-11(9-12)6-8-19-13/h3-4,9,18H,5-8H2,1-2H3. The summed E-state index contributed by atoms with van der Waals surface area (Å²) in [5.41, 5.74) is 4.51. The van der Waals surface area contributed by atoms with Crippen LogP contribution in [0.3, 0.4) is 0 Å². The largest absolute Gasteiger partial charge is 0.493 e. The Bertz CT molecular complexity index is 617. The number of ether oxygens (including phenoxy) is 1. The number of aliphatic hydroxyl groups excluding tert-OH is 1. The van der Waals surface area contributed by atoms with Gasteiger partial charge in [0.25, 0.3) is 0 Å². The highest BCUT2D eigenvalue weighted by atomic mass is 16.5. The second-order valence-corrected chi connectivity index (χ2v) is 4.92. The molecule has 4 nitrogen and oxygen atoms in total. The molecule has 0 spiro atoms. The van der Waals surface area contributed by atoms with Gasteiger partial charge in [-0.3, -0.25) is 0 Å². The van der Waals surface area contributed by atoms with E-state index in [2.05, 4.69) is 28.6 Å². The van der Waals surface area contributed by atoms with Gasteiger partial charge in [0.05, 0.1) is 18.9 Å². The predicted octanol–water partition coefficient (Wildman–Crippen LogP) is 1.87. The molecular formula is C15H18N2O2. The van der Waals surface area contributed by atoms with Gasteiger partial charge in [0, 0.05) is 31.1 Å². The van der Waals surface area contributed by atoms with E-state index in [1.54, 1.807) is 0 Å². The Labute approximate surface area is 112 Å². The highest BCUT2D eigenvalue weighted by molar-refractivity contribution is 5.65. The van der Waals surface area contributed by atoms with Crippen LogP contribution in [0.2, 0.25) is 0 Å². The molecule has 19 heavy (non-hydrogen) atoms. The molecule has 0 bridgehead atoms. The summed E-state index contributed by atoms with van der Waals surface area (Å²) < 4.78 is 7.58. The summed E-state index contributed by atoms with van der Waals surface area (Å²) >= 11 is 0. The zero-order chi connectivity index (χ0) is 13.4. The lowest BCUT2D eigenvalue weighted by atomic mass is 10.1. The molecule has 0 saturated heterocycles. The van der Waals surface area contributed by atoms with Crippen molar-refractivity contribution in [2.24, 2.45) is 7.05 Å². The molecule has 1 aliphatic heterocycles. The molecule has 1 aliphatic rings. The fourth-order valence-electron chi connectivity index (χ4n) is 2.57. The SMILES string of the molecule is Cc1c(-c2ccc3c(c2)CCO3)nc(CCO)n1C.